The SMILES string of the molecule is CN(C)Cc1ccc(Cc2cc([C@@H]3O[C@H](CO)[C@@H](O)[C@H](O)[C@H]3O)c3c(c2Cl)OCC3)cc1.O=C(O)C(F)(F)F. The molecule has 0 spiro atoms. The van der Waals surface area contributed by atoms with Crippen LogP contribution in [0, 0.1) is 0 Å². The number of benzene rings is 2. The lowest BCUT2D eigenvalue weighted by Crippen LogP contribution is -2.55. The largest absolute Gasteiger partial charge is 0.491 e. The maximum absolute atomic E-state index is 10.7. The Balaban J connectivity index is 0.000000532. The summed E-state index contributed by atoms with van der Waals surface area (Å²) in [5.74, 6) is -2.19. The number of carboxylic acid groups (broad SMARTS) is 1. The number of carboxylic acids is 1. The average molecular weight is 578 g/mol. The van der Waals surface area contributed by atoms with Crippen LogP contribution in [0.2, 0.25) is 5.02 Å². The fraction of sp³-hybridized carbons (Fsp3) is 0.500. The Bertz CT molecular complexity index is 1140. The van der Waals surface area contributed by atoms with Crippen LogP contribution in [0.25, 0.3) is 0 Å². The summed E-state index contributed by atoms with van der Waals surface area (Å²) < 4.78 is 43.4. The molecule has 2 aromatic rings. The molecule has 39 heavy (non-hydrogen) atoms. The lowest BCUT2D eigenvalue weighted by atomic mass is 9.87. The number of aliphatic hydroxyl groups is 4. The van der Waals surface area contributed by atoms with Crippen molar-refractivity contribution in [2.75, 3.05) is 27.3 Å². The number of fused-ring (bicyclic) bond motifs is 1. The Morgan fingerprint density at radius 2 is 1.67 bits per heavy atom. The van der Waals surface area contributed by atoms with Gasteiger partial charge < -0.3 is 39.9 Å². The first-order valence-electron chi connectivity index (χ1n) is 12.0. The number of aliphatic carboxylic acids is 1. The molecular weight excluding hydrogens is 547 g/mol. The summed E-state index contributed by atoms with van der Waals surface area (Å²) in [6.07, 6.45) is -10.0. The van der Waals surface area contributed by atoms with E-state index in [4.69, 9.17) is 31.0 Å². The second-order valence-electron chi connectivity index (χ2n) is 9.63. The predicted molar refractivity (Wildman–Crippen MR) is 134 cm³/mol. The van der Waals surface area contributed by atoms with Gasteiger partial charge in [0.1, 0.15) is 36.3 Å². The van der Waals surface area contributed by atoms with Crippen LogP contribution in [-0.2, 0) is 28.9 Å². The monoisotopic (exact) mass is 577 g/mol. The summed E-state index contributed by atoms with van der Waals surface area (Å²) in [7, 11) is 4.05. The minimum Gasteiger partial charge on any atom is -0.491 e. The molecule has 5 N–H and O–H groups in total. The van der Waals surface area contributed by atoms with E-state index in [0.717, 1.165) is 23.2 Å². The van der Waals surface area contributed by atoms with Crippen LogP contribution in [0.3, 0.4) is 0 Å². The number of hydrogen-bond donors (Lipinski definition) is 5. The molecule has 4 rings (SSSR count). The van der Waals surface area contributed by atoms with Gasteiger partial charge in [-0.15, -0.1) is 0 Å². The number of carbonyl (C=O) groups is 1. The highest BCUT2D eigenvalue weighted by atomic mass is 35.5. The topological polar surface area (TPSA) is 140 Å². The quantitative estimate of drug-likeness (QED) is 0.349. The fourth-order valence-corrected chi connectivity index (χ4v) is 4.79. The number of halogens is 4. The van der Waals surface area contributed by atoms with Crippen LogP contribution in [-0.4, -0.2) is 94.3 Å². The second kappa shape index (κ2) is 12.8. The molecule has 0 saturated carbocycles. The molecule has 1 saturated heterocycles. The molecule has 5 atom stereocenters. The van der Waals surface area contributed by atoms with E-state index in [1.807, 2.05) is 20.2 Å². The lowest BCUT2D eigenvalue weighted by Gasteiger charge is -2.40. The van der Waals surface area contributed by atoms with Gasteiger partial charge in [-0.3, -0.25) is 0 Å². The Kier molecular flexibility index (Phi) is 10.2. The molecule has 2 aromatic carbocycles. The van der Waals surface area contributed by atoms with Crippen molar-refractivity contribution < 1.29 is 53.0 Å². The third kappa shape index (κ3) is 7.40. The maximum Gasteiger partial charge on any atom is 0.490 e. The van der Waals surface area contributed by atoms with Crippen molar-refractivity contribution in [1.29, 1.82) is 0 Å². The van der Waals surface area contributed by atoms with Gasteiger partial charge in [-0.1, -0.05) is 41.9 Å². The van der Waals surface area contributed by atoms with E-state index >= 15 is 0 Å². The zero-order valence-electron chi connectivity index (χ0n) is 21.2. The average Bonchev–Trinajstić information content (AvgIpc) is 3.36. The summed E-state index contributed by atoms with van der Waals surface area (Å²) in [6.45, 7) is 0.844. The first kappa shape index (κ1) is 31.1. The van der Waals surface area contributed by atoms with Crippen molar-refractivity contribution in [3.05, 3.63) is 63.2 Å². The van der Waals surface area contributed by atoms with Crippen molar-refractivity contribution in [3.8, 4) is 5.75 Å². The van der Waals surface area contributed by atoms with E-state index in [2.05, 4.69) is 29.2 Å². The lowest BCUT2D eigenvalue weighted by molar-refractivity contribution is -0.231. The Morgan fingerprint density at radius 3 is 2.21 bits per heavy atom. The molecule has 0 radical (unpaired) electrons. The van der Waals surface area contributed by atoms with Crippen LogP contribution in [0.4, 0.5) is 13.2 Å². The highest BCUT2D eigenvalue weighted by Gasteiger charge is 2.45. The third-order valence-corrected chi connectivity index (χ3v) is 6.80. The van der Waals surface area contributed by atoms with E-state index < -0.39 is 49.3 Å². The minimum absolute atomic E-state index is 0.460. The van der Waals surface area contributed by atoms with E-state index in [0.29, 0.717) is 35.8 Å². The molecule has 2 aliphatic rings. The molecule has 2 heterocycles. The number of rotatable bonds is 6. The smallest absolute Gasteiger partial charge is 0.490 e. The highest BCUT2D eigenvalue weighted by molar-refractivity contribution is 6.33. The number of nitrogens with zero attached hydrogens (tertiary/aromatic N) is 1. The maximum atomic E-state index is 10.7. The van der Waals surface area contributed by atoms with E-state index in [-0.39, 0.29) is 0 Å². The van der Waals surface area contributed by atoms with Gasteiger partial charge in [0.2, 0.25) is 0 Å². The van der Waals surface area contributed by atoms with Gasteiger partial charge in [-0.25, -0.2) is 4.79 Å². The first-order chi connectivity index (χ1) is 18.2. The molecule has 0 unspecified atom stereocenters. The Labute approximate surface area is 228 Å². The van der Waals surface area contributed by atoms with E-state index in [9.17, 15) is 33.6 Å². The standard InChI is InChI=1S/C24H30ClNO6.C2HF3O2/c1-26(2)11-14-5-3-13(4-6-14)9-15-10-17(16-7-8-31-23(16)19(15)25)24-22(30)21(29)20(28)18(12-27)32-24;3-2(4,5)1(6)7/h3-6,10,18,20-22,24,27-30H,7-9,11-12H2,1-2H3;(H,6,7)/t18-,20-,21+,22-,24+;/m1./s1. The van der Waals surface area contributed by atoms with Crippen molar-refractivity contribution in [1.82, 2.24) is 4.90 Å². The summed E-state index contributed by atoms with van der Waals surface area (Å²) in [6, 6.07) is 10.2. The van der Waals surface area contributed by atoms with Crippen LogP contribution < -0.4 is 4.74 Å². The molecule has 13 heteroatoms. The summed E-state index contributed by atoms with van der Waals surface area (Å²) in [5, 5.41) is 48.3. The van der Waals surface area contributed by atoms with Gasteiger partial charge in [0, 0.05) is 18.5 Å². The van der Waals surface area contributed by atoms with Crippen molar-refractivity contribution in [2.24, 2.45) is 0 Å². The fourth-order valence-electron chi connectivity index (χ4n) is 4.50. The molecule has 1 fully saturated rings. The molecule has 9 nitrogen and oxygen atoms in total. The Morgan fingerprint density at radius 1 is 1.08 bits per heavy atom. The minimum atomic E-state index is -5.08. The normalized spacial score (nSPS) is 24.5. The van der Waals surface area contributed by atoms with E-state index in [1.54, 1.807) is 0 Å². The van der Waals surface area contributed by atoms with Gasteiger partial charge >= 0.3 is 12.1 Å². The van der Waals surface area contributed by atoms with Gasteiger partial charge in [0.15, 0.2) is 0 Å². The zero-order valence-corrected chi connectivity index (χ0v) is 22.0. The number of alkyl halides is 3. The Hall–Kier alpha value is -2.45. The highest BCUT2D eigenvalue weighted by Crippen LogP contribution is 2.44. The molecule has 2 aliphatic heterocycles. The van der Waals surface area contributed by atoms with E-state index in [1.165, 1.54) is 5.56 Å². The molecule has 0 amide bonds. The number of hydrogen-bond acceptors (Lipinski definition) is 8. The molecule has 216 valence electrons. The summed E-state index contributed by atoms with van der Waals surface area (Å²) >= 11 is 6.69. The van der Waals surface area contributed by atoms with Crippen LogP contribution in [0.1, 0.15) is 33.9 Å². The third-order valence-electron chi connectivity index (χ3n) is 6.39. The van der Waals surface area contributed by atoms with Gasteiger partial charge in [-0.2, -0.15) is 13.2 Å². The molecule has 0 aromatic heterocycles. The predicted octanol–water partition coefficient (Wildman–Crippen LogP) is 2.08. The number of aliphatic hydroxyl groups excluding tert-OH is 4. The molecule has 0 aliphatic carbocycles. The summed E-state index contributed by atoms with van der Waals surface area (Å²) in [4.78, 5) is 11.0. The van der Waals surface area contributed by atoms with Crippen LogP contribution in [0.15, 0.2) is 30.3 Å². The van der Waals surface area contributed by atoms with Crippen LogP contribution >= 0.6 is 11.6 Å². The first-order valence-corrected chi connectivity index (χ1v) is 12.4. The van der Waals surface area contributed by atoms with Gasteiger partial charge in [0.25, 0.3) is 0 Å². The van der Waals surface area contributed by atoms with Gasteiger partial charge in [0.05, 0.1) is 18.2 Å². The molecule has 0 bridgehead atoms. The van der Waals surface area contributed by atoms with Crippen LogP contribution in [0.5, 0.6) is 5.75 Å². The van der Waals surface area contributed by atoms with Gasteiger partial charge in [-0.05, 0) is 42.8 Å². The number of ether oxygens (including phenoxy) is 2. The molecular formula is C26H31ClF3NO8. The van der Waals surface area contributed by atoms with Crippen molar-refractivity contribution in [3.63, 3.8) is 0 Å². The van der Waals surface area contributed by atoms with Crippen molar-refractivity contribution in [2.45, 2.75) is 56.1 Å². The van der Waals surface area contributed by atoms with Crippen molar-refractivity contribution >= 4 is 17.6 Å². The summed E-state index contributed by atoms with van der Waals surface area (Å²) in [5.41, 5.74) is 4.60. The zero-order chi connectivity index (χ0) is 29.1. The second-order valence-corrected chi connectivity index (χ2v) is 10.0.